The fraction of sp³-hybridized carbons (Fsp3) is 0.524. The van der Waals surface area contributed by atoms with E-state index in [1.165, 1.54) is 0 Å². The Morgan fingerprint density at radius 3 is 2.62 bits per heavy atom. The number of carbonyl (C=O) groups excluding carboxylic acids is 2. The Morgan fingerprint density at radius 2 is 1.88 bits per heavy atom. The van der Waals surface area contributed by atoms with E-state index in [0.717, 1.165) is 48.6 Å². The molecule has 4 nitrogen and oxygen atoms in total. The van der Waals surface area contributed by atoms with Crippen LogP contribution in [0.4, 0.5) is 0 Å². The molecule has 0 bridgehead atoms. The number of amides is 1. The Labute approximate surface area is 162 Å². The number of carbonyl (C=O) groups is 2. The molecular formula is C21H24BrNO3. The molecule has 1 aliphatic carbocycles. The van der Waals surface area contributed by atoms with Crippen LogP contribution in [0.15, 0.2) is 40.1 Å². The number of hydrogen-bond donors (Lipinski definition) is 0. The second-order valence-corrected chi connectivity index (χ2v) is 8.38. The summed E-state index contributed by atoms with van der Waals surface area (Å²) in [4.78, 5) is 28.3. The van der Waals surface area contributed by atoms with Gasteiger partial charge >= 0.3 is 0 Å². The summed E-state index contributed by atoms with van der Waals surface area (Å²) >= 11 is 3.47. The van der Waals surface area contributed by atoms with E-state index in [1.807, 2.05) is 29.2 Å². The molecule has 0 saturated heterocycles. The van der Waals surface area contributed by atoms with Crippen molar-refractivity contribution in [3.63, 3.8) is 0 Å². The number of rotatable bonds is 4. The molecule has 0 N–H and O–H groups in total. The zero-order valence-electron chi connectivity index (χ0n) is 15.0. The van der Waals surface area contributed by atoms with Crippen molar-refractivity contribution in [2.75, 3.05) is 6.54 Å². The van der Waals surface area contributed by atoms with Crippen molar-refractivity contribution in [3.05, 3.63) is 45.6 Å². The molecule has 1 amide bonds. The van der Waals surface area contributed by atoms with Crippen molar-refractivity contribution in [2.24, 2.45) is 5.92 Å². The van der Waals surface area contributed by atoms with E-state index in [9.17, 15) is 9.59 Å². The molecule has 1 aromatic carbocycles. The summed E-state index contributed by atoms with van der Waals surface area (Å²) in [5.41, 5.74) is 1.57. The lowest BCUT2D eigenvalue weighted by Gasteiger charge is -2.35. The number of benzene rings is 1. The van der Waals surface area contributed by atoms with Gasteiger partial charge in [0.25, 0.3) is 5.91 Å². The van der Waals surface area contributed by atoms with Gasteiger partial charge in [0.2, 0.25) is 0 Å². The predicted octanol–water partition coefficient (Wildman–Crippen LogP) is 4.54. The first kappa shape index (κ1) is 17.8. The lowest BCUT2D eigenvalue weighted by molar-refractivity contribution is -0.135. The number of ketones is 1. The van der Waals surface area contributed by atoms with Crippen molar-refractivity contribution >= 4 is 27.6 Å². The molecule has 3 atom stereocenters. The highest BCUT2D eigenvalue weighted by Crippen LogP contribution is 2.46. The van der Waals surface area contributed by atoms with Crippen LogP contribution >= 0.6 is 15.9 Å². The fourth-order valence-corrected chi connectivity index (χ4v) is 4.71. The molecule has 26 heavy (non-hydrogen) atoms. The Kier molecular flexibility index (Phi) is 4.91. The third-order valence-electron chi connectivity index (χ3n) is 5.80. The second kappa shape index (κ2) is 7.18. The highest BCUT2D eigenvalue weighted by molar-refractivity contribution is 9.10. The molecular weight excluding hydrogens is 394 g/mol. The molecule has 3 aliphatic rings. The van der Waals surface area contributed by atoms with E-state index in [4.69, 9.17) is 4.74 Å². The van der Waals surface area contributed by atoms with Crippen molar-refractivity contribution < 1.29 is 14.3 Å². The summed E-state index contributed by atoms with van der Waals surface area (Å²) < 4.78 is 7.13. The fourth-order valence-electron chi connectivity index (χ4n) is 4.44. The molecule has 3 unspecified atom stereocenters. The molecule has 0 spiro atoms. The summed E-state index contributed by atoms with van der Waals surface area (Å²) in [6, 6.07) is 7.61. The Bertz CT molecular complexity index is 755. The molecule has 1 aromatic rings. The van der Waals surface area contributed by atoms with Gasteiger partial charge in [-0.2, -0.15) is 0 Å². The summed E-state index contributed by atoms with van der Waals surface area (Å²) in [5, 5.41) is 0. The Morgan fingerprint density at radius 1 is 1.15 bits per heavy atom. The van der Waals surface area contributed by atoms with Gasteiger partial charge < -0.3 is 9.64 Å². The van der Waals surface area contributed by atoms with Gasteiger partial charge in [-0.1, -0.05) is 47.8 Å². The van der Waals surface area contributed by atoms with E-state index in [0.29, 0.717) is 17.9 Å². The number of halogens is 1. The number of hydrogen-bond acceptors (Lipinski definition) is 3. The zero-order chi connectivity index (χ0) is 18.3. The van der Waals surface area contributed by atoms with Crippen LogP contribution in [0.3, 0.4) is 0 Å². The number of nitrogens with zero attached hydrogens (tertiary/aromatic N) is 1. The smallest absolute Gasteiger partial charge is 0.290 e. The van der Waals surface area contributed by atoms with E-state index in [2.05, 4.69) is 22.9 Å². The minimum Gasteiger partial charge on any atom is -0.483 e. The van der Waals surface area contributed by atoms with E-state index in [1.54, 1.807) is 0 Å². The first-order valence-corrected chi connectivity index (χ1v) is 10.4. The Hall–Kier alpha value is -1.62. The molecule has 1 fully saturated rings. The minimum atomic E-state index is -0.312. The van der Waals surface area contributed by atoms with Crippen LogP contribution in [0.25, 0.3) is 0 Å². The first-order chi connectivity index (χ1) is 12.6. The number of Topliss-reactive ketones (excluding diaryl/α,β-unsaturated/α-hetero) is 1. The highest BCUT2D eigenvalue weighted by atomic mass is 79.9. The maximum atomic E-state index is 13.3. The van der Waals surface area contributed by atoms with Gasteiger partial charge in [-0.3, -0.25) is 9.59 Å². The van der Waals surface area contributed by atoms with Gasteiger partial charge in [0, 0.05) is 11.0 Å². The van der Waals surface area contributed by atoms with Crippen LogP contribution in [0.2, 0.25) is 0 Å². The van der Waals surface area contributed by atoms with Gasteiger partial charge in [-0.15, -0.1) is 0 Å². The lowest BCUT2D eigenvalue weighted by atomic mass is 9.77. The lowest BCUT2D eigenvalue weighted by Crippen LogP contribution is -2.39. The Balaban J connectivity index is 1.76. The summed E-state index contributed by atoms with van der Waals surface area (Å²) in [6.07, 6.45) is 5.68. The highest BCUT2D eigenvalue weighted by Gasteiger charge is 2.51. The van der Waals surface area contributed by atoms with Crippen molar-refractivity contribution in [3.8, 4) is 0 Å². The van der Waals surface area contributed by atoms with Crippen LogP contribution in [0, 0.1) is 5.92 Å². The van der Waals surface area contributed by atoms with Crippen LogP contribution in [-0.2, 0) is 14.3 Å². The van der Waals surface area contributed by atoms with Crippen LogP contribution < -0.4 is 0 Å². The molecule has 0 aromatic heterocycles. The molecule has 1 saturated carbocycles. The van der Waals surface area contributed by atoms with E-state index < -0.39 is 0 Å². The monoisotopic (exact) mass is 417 g/mol. The summed E-state index contributed by atoms with van der Waals surface area (Å²) in [6.45, 7) is 2.76. The predicted molar refractivity (Wildman–Crippen MR) is 102 cm³/mol. The number of ether oxygens (including phenoxy) is 1. The molecule has 2 aliphatic heterocycles. The van der Waals surface area contributed by atoms with Crippen LogP contribution in [-0.4, -0.2) is 29.2 Å². The van der Waals surface area contributed by atoms with E-state index in [-0.39, 0.29) is 29.8 Å². The first-order valence-electron chi connectivity index (χ1n) is 9.63. The van der Waals surface area contributed by atoms with Gasteiger partial charge in [0.1, 0.15) is 6.10 Å². The SMILES string of the molecule is CCCCN1C(=O)C2=C(C(=O)C3CCCCC3O2)C1c1ccc(Br)cc1. The topological polar surface area (TPSA) is 46.6 Å². The van der Waals surface area contributed by atoms with Gasteiger partial charge in [0.15, 0.2) is 11.5 Å². The molecule has 4 rings (SSSR count). The molecule has 138 valence electrons. The minimum absolute atomic E-state index is 0.0839. The second-order valence-electron chi connectivity index (χ2n) is 7.46. The maximum Gasteiger partial charge on any atom is 0.290 e. The summed E-state index contributed by atoms with van der Waals surface area (Å²) in [5.74, 6) is 0.261. The molecule has 2 heterocycles. The average Bonchev–Trinajstić information content (AvgIpc) is 2.93. The van der Waals surface area contributed by atoms with Crippen molar-refractivity contribution in [1.29, 1.82) is 0 Å². The third kappa shape index (κ3) is 2.90. The maximum absolute atomic E-state index is 13.3. The van der Waals surface area contributed by atoms with Crippen molar-refractivity contribution in [2.45, 2.75) is 57.6 Å². The molecule has 5 heteroatoms. The number of fused-ring (bicyclic) bond motifs is 1. The van der Waals surface area contributed by atoms with Crippen LogP contribution in [0.5, 0.6) is 0 Å². The van der Waals surface area contributed by atoms with E-state index >= 15 is 0 Å². The third-order valence-corrected chi connectivity index (χ3v) is 6.33. The zero-order valence-corrected chi connectivity index (χ0v) is 16.6. The number of unbranched alkanes of at least 4 members (excludes halogenated alkanes) is 1. The van der Waals surface area contributed by atoms with Gasteiger partial charge in [-0.05, 0) is 43.4 Å². The largest absolute Gasteiger partial charge is 0.483 e. The van der Waals surface area contributed by atoms with Gasteiger partial charge in [0.05, 0.1) is 17.5 Å². The standard InChI is InChI=1S/C21H24BrNO3/c1-2-3-12-23-18(13-8-10-14(22)11-9-13)17-19(24)15-6-4-5-7-16(15)26-20(17)21(23)25/h8-11,15-16,18H,2-7,12H2,1H3. The average molecular weight is 418 g/mol. The summed E-state index contributed by atoms with van der Waals surface area (Å²) in [7, 11) is 0. The molecule has 0 radical (unpaired) electrons. The normalized spacial score (nSPS) is 28.1. The quantitative estimate of drug-likeness (QED) is 0.721. The van der Waals surface area contributed by atoms with Crippen LogP contribution in [0.1, 0.15) is 57.1 Å². The van der Waals surface area contributed by atoms with Gasteiger partial charge in [-0.25, -0.2) is 0 Å². The van der Waals surface area contributed by atoms with Crippen molar-refractivity contribution in [1.82, 2.24) is 4.90 Å².